The van der Waals surface area contributed by atoms with Crippen LogP contribution in [0.15, 0.2) is 114 Å². The minimum absolute atomic E-state index is 0.0330. The van der Waals surface area contributed by atoms with Crippen molar-refractivity contribution < 1.29 is 13.2 Å². The van der Waals surface area contributed by atoms with E-state index in [4.69, 9.17) is 11.6 Å². The number of nitrogens with one attached hydrogen (secondary N) is 1. The first-order chi connectivity index (χ1) is 18.4. The van der Waals surface area contributed by atoms with Crippen LogP contribution < -0.4 is 9.62 Å². The van der Waals surface area contributed by atoms with Gasteiger partial charge in [-0.25, -0.2) is 13.4 Å². The predicted molar refractivity (Wildman–Crippen MR) is 151 cm³/mol. The number of thiazole rings is 1. The zero-order valence-electron chi connectivity index (χ0n) is 19.9. The molecular weight excluding hydrogens is 540 g/mol. The normalized spacial score (nSPS) is 11.2. The van der Waals surface area contributed by atoms with Crippen LogP contribution in [0, 0.1) is 0 Å². The highest BCUT2D eigenvalue weighted by Gasteiger charge is 2.27. The van der Waals surface area contributed by atoms with Gasteiger partial charge in [0.1, 0.15) is 5.69 Å². The lowest BCUT2D eigenvalue weighted by atomic mass is 10.2. The third kappa shape index (κ3) is 5.60. The molecule has 1 amide bonds. The van der Waals surface area contributed by atoms with Crippen molar-refractivity contribution in [3.8, 4) is 11.4 Å². The van der Waals surface area contributed by atoms with E-state index in [1.165, 1.54) is 33.8 Å². The summed E-state index contributed by atoms with van der Waals surface area (Å²) < 4.78 is 29.1. The number of aromatic nitrogens is 2. The standard InChI is InChI=1S/C28H21ClN4O3S2/c29-23-13-4-5-15-26(23)33(18-20-9-2-1-3-10-20)38(35,36)22-12-8-11-21(17-22)27(34)32-28-31-25(19-37-28)24-14-6-7-16-30-24/h1-17,19H,18H2,(H,31,32,34). The van der Waals surface area contributed by atoms with Gasteiger partial charge in [-0.2, -0.15) is 0 Å². The second-order valence-electron chi connectivity index (χ2n) is 8.18. The fourth-order valence-electron chi connectivity index (χ4n) is 3.76. The molecule has 0 spiro atoms. The van der Waals surface area contributed by atoms with E-state index in [2.05, 4.69) is 15.3 Å². The van der Waals surface area contributed by atoms with Crippen molar-refractivity contribution in [1.82, 2.24) is 9.97 Å². The van der Waals surface area contributed by atoms with Gasteiger partial charge in [-0.1, -0.05) is 66.2 Å². The van der Waals surface area contributed by atoms with E-state index in [9.17, 15) is 13.2 Å². The van der Waals surface area contributed by atoms with Crippen molar-refractivity contribution in [1.29, 1.82) is 0 Å². The Bertz CT molecular complexity index is 1680. The maximum atomic E-state index is 13.9. The lowest BCUT2D eigenvalue weighted by molar-refractivity contribution is 0.102. The Balaban J connectivity index is 1.43. The molecule has 0 atom stereocenters. The largest absolute Gasteiger partial charge is 0.298 e. The molecule has 7 nitrogen and oxygen atoms in total. The first kappa shape index (κ1) is 25.6. The molecule has 0 saturated carbocycles. The van der Waals surface area contributed by atoms with Gasteiger partial charge in [-0.15, -0.1) is 11.3 Å². The van der Waals surface area contributed by atoms with E-state index in [0.29, 0.717) is 27.2 Å². The summed E-state index contributed by atoms with van der Waals surface area (Å²) in [6.07, 6.45) is 1.67. The Morgan fingerprint density at radius 3 is 2.42 bits per heavy atom. The fourth-order valence-corrected chi connectivity index (χ4v) is 6.27. The van der Waals surface area contributed by atoms with Gasteiger partial charge >= 0.3 is 0 Å². The molecule has 0 unspecified atom stereocenters. The third-order valence-electron chi connectivity index (χ3n) is 5.63. The number of amides is 1. The Labute approximate surface area is 229 Å². The highest BCUT2D eigenvalue weighted by molar-refractivity contribution is 7.92. The van der Waals surface area contributed by atoms with Gasteiger partial charge < -0.3 is 0 Å². The third-order valence-corrected chi connectivity index (χ3v) is 8.46. The number of nitrogens with zero attached hydrogens (tertiary/aromatic N) is 3. The van der Waals surface area contributed by atoms with Crippen molar-refractivity contribution >= 4 is 49.7 Å². The summed E-state index contributed by atoms with van der Waals surface area (Å²) in [5.74, 6) is -0.476. The summed E-state index contributed by atoms with van der Waals surface area (Å²) in [7, 11) is -4.09. The van der Waals surface area contributed by atoms with Crippen LogP contribution in [0.2, 0.25) is 5.02 Å². The van der Waals surface area contributed by atoms with Gasteiger partial charge in [0, 0.05) is 17.1 Å². The second kappa shape index (κ2) is 11.1. The number of anilines is 2. The van der Waals surface area contributed by atoms with Crippen molar-refractivity contribution in [2.75, 3.05) is 9.62 Å². The maximum Gasteiger partial charge on any atom is 0.264 e. The number of hydrogen-bond acceptors (Lipinski definition) is 6. The molecular formula is C28H21ClN4O3S2. The number of para-hydroxylation sites is 1. The monoisotopic (exact) mass is 560 g/mol. The Kier molecular flexibility index (Phi) is 7.50. The van der Waals surface area contributed by atoms with E-state index < -0.39 is 15.9 Å². The highest BCUT2D eigenvalue weighted by Crippen LogP contribution is 2.32. The van der Waals surface area contributed by atoms with E-state index in [1.54, 1.807) is 41.9 Å². The number of halogens is 1. The predicted octanol–water partition coefficient (Wildman–Crippen LogP) is 6.51. The summed E-state index contributed by atoms with van der Waals surface area (Å²) in [5, 5.41) is 5.22. The van der Waals surface area contributed by atoms with E-state index >= 15 is 0 Å². The van der Waals surface area contributed by atoms with Crippen LogP contribution in [0.1, 0.15) is 15.9 Å². The van der Waals surface area contributed by atoms with E-state index in [0.717, 1.165) is 5.56 Å². The minimum Gasteiger partial charge on any atom is -0.298 e. The number of pyridine rings is 1. The smallest absolute Gasteiger partial charge is 0.264 e. The quantitative estimate of drug-likeness (QED) is 0.234. The number of rotatable bonds is 8. The Morgan fingerprint density at radius 2 is 1.66 bits per heavy atom. The average Bonchev–Trinajstić information content (AvgIpc) is 3.42. The van der Waals surface area contributed by atoms with Crippen LogP contribution in [-0.2, 0) is 16.6 Å². The topological polar surface area (TPSA) is 92.3 Å². The number of benzene rings is 3. The molecule has 10 heteroatoms. The Hall–Kier alpha value is -4.05. The van der Waals surface area contributed by atoms with Crippen LogP contribution >= 0.6 is 22.9 Å². The lowest BCUT2D eigenvalue weighted by Gasteiger charge is -2.25. The van der Waals surface area contributed by atoms with Gasteiger partial charge in [0.25, 0.3) is 15.9 Å². The van der Waals surface area contributed by atoms with Gasteiger partial charge in [0.15, 0.2) is 5.13 Å². The van der Waals surface area contributed by atoms with Crippen LogP contribution in [0.25, 0.3) is 11.4 Å². The van der Waals surface area contributed by atoms with Crippen LogP contribution in [-0.4, -0.2) is 24.3 Å². The van der Waals surface area contributed by atoms with Crippen LogP contribution in [0.3, 0.4) is 0 Å². The molecule has 0 saturated heterocycles. The van der Waals surface area contributed by atoms with Crippen molar-refractivity contribution in [2.24, 2.45) is 0 Å². The minimum atomic E-state index is -4.09. The number of carbonyl (C=O) groups is 1. The summed E-state index contributed by atoms with van der Waals surface area (Å²) in [6.45, 7) is 0.0682. The first-order valence-corrected chi connectivity index (χ1v) is 14.2. The van der Waals surface area contributed by atoms with Crippen LogP contribution in [0.5, 0.6) is 0 Å². The van der Waals surface area contributed by atoms with Gasteiger partial charge in [0.05, 0.1) is 27.8 Å². The summed E-state index contributed by atoms with van der Waals surface area (Å²) in [4.78, 5) is 21.7. The summed E-state index contributed by atoms with van der Waals surface area (Å²) in [6, 6.07) is 27.4. The van der Waals surface area contributed by atoms with E-state index in [1.807, 2.05) is 48.5 Å². The molecule has 0 aliphatic carbocycles. The van der Waals surface area contributed by atoms with Gasteiger partial charge in [-0.05, 0) is 48.0 Å². The van der Waals surface area contributed by atoms with Gasteiger partial charge in [-0.3, -0.25) is 19.4 Å². The SMILES string of the molecule is O=C(Nc1nc(-c2ccccn2)cs1)c1cccc(S(=O)(=O)N(Cc2ccccc2)c2ccccc2Cl)c1. The lowest BCUT2D eigenvalue weighted by Crippen LogP contribution is -2.31. The fraction of sp³-hybridized carbons (Fsp3) is 0.0357. The summed E-state index contributed by atoms with van der Waals surface area (Å²) >= 11 is 7.67. The zero-order chi connectivity index (χ0) is 26.5. The molecule has 5 aromatic rings. The number of hydrogen-bond donors (Lipinski definition) is 1. The molecule has 0 bridgehead atoms. The molecule has 0 aliphatic rings. The molecule has 190 valence electrons. The molecule has 38 heavy (non-hydrogen) atoms. The van der Waals surface area contributed by atoms with Crippen molar-refractivity contribution in [3.05, 3.63) is 125 Å². The molecule has 5 rings (SSSR count). The second-order valence-corrected chi connectivity index (χ2v) is 11.3. The van der Waals surface area contributed by atoms with Crippen molar-refractivity contribution in [3.63, 3.8) is 0 Å². The molecule has 3 aromatic carbocycles. The van der Waals surface area contributed by atoms with Crippen LogP contribution in [0.4, 0.5) is 10.8 Å². The number of carbonyl (C=O) groups excluding carboxylic acids is 1. The molecule has 2 aromatic heterocycles. The summed E-state index contributed by atoms with van der Waals surface area (Å²) in [5.41, 5.74) is 2.64. The molecule has 1 N–H and O–H groups in total. The van der Waals surface area contributed by atoms with Gasteiger partial charge in [0.2, 0.25) is 0 Å². The number of sulfonamides is 1. The molecule has 0 radical (unpaired) electrons. The molecule has 0 fully saturated rings. The maximum absolute atomic E-state index is 13.9. The Morgan fingerprint density at radius 1 is 0.895 bits per heavy atom. The molecule has 0 aliphatic heterocycles. The molecule has 2 heterocycles. The zero-order valence-corrected chi connectivity index (χ0v) is 22.2. The average molecular weight is 561 g/mol. The van der Waals surface area contributed by atoms with Crippen molar-refractivity contribution in [2.45, 2.75) is 11.4 Å². The first-order valence-electron chi connectivity index (χ1n) is 11.5. The van der Waals surface area contributed by atoms with E-state index in [-0.39, 0.29) is 17.0 Å². The highest BCUT2D eigenvalue weighted by atomic mass is 35.5.